The molecule has 0 aromatic heterocycles. The number of esters is 1. The lowest BCUT2D eigenvalue weighted by Crippen LogP contribution is -2.59. The predicted molar refractivity (Wildman–Crippen MR) is 240 cm³/mol. The van der Waals surface area contributed by atoms with Crippen LogP contribution in [-0.4, -0.2) is 179 Å². The number of aliphatic hydroxyl groups excluding tert-OH is 10. The van der Waals surface area contributed by atoms with E-state index in [4.69, 9.17) is 24.7 Å². The Morgan fingerprint density at radius 3 is 1.95 bits per heavy atom. The van der Waals surface area contributed by atoms with E-state index in [0.717, 1.165) is 0 Å². The third-order valence-corrected chi connectivity index (χ3v) is 11.5. The van der Waals surface area contributed by atoms with Crippen molar-refractivity contribution in [2.45, 2.75) is 163 Å². The quantitative estimate of drug-likeness (QED) is 0.149. The fraction of sp³-hybridized carbons (Fsp3) is 0.660. The number of nitrogens with one attached hydrogen (secondary N) is 1. The number of hydrogen-bond donors (Lipinski definition) is 13. The summed E-state index contributed by atoms with van der Waals surface area (Å²) >= 11 is 0. The van der Waals surface area contributed by atoms with E-state index < -0.39 is 141 Å². The third kappa shape index (κ3) is 20.4. The van der Waals surface area contributed by atoms with E-state index in [2.05, 4.69) is 5.32 Å². The van der Waals surface area contributed by atoms with Gasteiger partial charge >= 0.3 is 5.97 Å². The summed E-state index contributed by atoms with van der Waals surface area (Å²) in [5, 5.41) is 120. The number of carbonyl (C=O) groups is 2. The zero-order valence-electron chi connectivity index (χ0n) is 37.8. The summed E-state index contributed by atoms with van der Waals surface area (Å²) in [5.74, 6) is -5.33. The highest BCUT2D eigenvalue weighted by molar-refractivity contribution is 5.80. The number of amides is 1. The Morgan fingerprint density at radius 2 is 1.33 bits per heavy atom. The highest BCUT2D eigenvalue weighted by Gasteiger charge is 2.50. The van der Waals surface area contributed by atoms with Crippen LogP contribution in [0.25, 0.3) is 0 Å². The molecule has 1 amide bonds. The van der Waals surface area contributed by atoms with Gasteiger partial charge in [-0.3, -0.25) is 9.59 Å². The van der Waals surface area contributed by atoms with Crippen LogP contribution < -0.4 is 11.1 Å². The largest absolute Gasteiger partial charge is 0.462 e. The number of allylic oxidation sites excluding steroid dienone is 12. The standard InChI is InChI=1S/C47H74N2O17/c1-29-15-13-11-9-7-5-3-4-6-8-10-12-14-16-34(65-46-44(60)43(48)39(58)28-63-46)25-40-42(45(61)49-19-20-50)38(57)27-47(62,66-40)26-33(53)23-37(56)35(54)18-17-31(51)22-32(52)24-41(59)64-30(2)21-36(29)55/h3-16,29-40,42-44,46,50-58,60,62H,17-28,48H2,1-2H3,(H,49,61)/b4-3+,7-5+,8-6+,11-9+,12-10+,15-13+,16-14+/t29-,30-,31?,32?,33?,34?,35+,36-,37?,38-,39+,40-,42+,43-,44-,46-,47?/m0/s1. The van der Waals surface area contributed by atoms with Crippen molar-refractivity contribution < 1.29 is 84.7 Å². The molecule has 3 rings (SSSR count). The highest BCUT2D eigenvalue weighted by Crippen LogP contribution is 2.38. The molecular weight excluding hydrogens is 865 g/mol. The van der Waals surface area contributed by atoms with Crippen LogP contribution in [0.15, 0.2) is 85.1 Å². The molecule has 2 saturated heterocycles. The zero-order chi connectivity index (χ0) is 48.8. The van der Waals surface area contributed by atoms with Crippen LogP contribution in [0.2, 0.25) is 0 Å². The second-order valence-electron chi connectivity index (χ2n) is 17.4. The molecule has 66 heavy (non-hydrogen) atoms. The van der Waals surface area contributed by atoms with Crippen LogP contribution in [-0.2, 0) is 28.5 Å². The minimum atomic E-state index is -2.29. The second-order valence-corrected chi connectivity index (χ2v) is 17.4. The van der Waals surface area contributed by atoms with E-state index in [1.54, 1.807) is 73.8 Å². The zero-order valence-corrected chi connectivity index (χ0v) is 37.8. The Morgan fingerprint density at radius 1 is 0.727 bits per heavy atom. The number of cyclic esters (lactones) is 1. The van der Waals surface area contributed by atoms with Crippen LogP contribution in [0.4, 0.5) is 0 Å². The minimum absolute atomic E-state index is 0.1000. The van der Waals surface area contributed by atoms with Gasteiger partial charge in [-0.2, -0.15) is 0 Å². The molecule has 0 radical (unpaired) electrons. The van der Waals surface area contributed by atoms with Crippen LogP contribution in [0, 0.1) is 11.8 Å². The SMILES string of the molecule is C[C@H]1C[C@H](O)[C@@H](C)/C=C/C=C/C=C/C=C/C=C/C=C/C=C/C(O[C@@H]2OC[C@@H](O)[C@H](N)[C@@H]2O)C[C@@H]2OC(O)(CC(O)CC(O)[C@H](O)CCC(O)CC(O)CC(=O)O1)C[C@H](O)[C@H]2C(=O)NCCO. The van der Waals surface area contributed by atoms with Gasteiger partial charge in [-0.25, -0.2) is 0 Å². The molecule has 0 spiro atoms. The molecule has 14 N–H and O–H groups in total. The lowest BCUT2D eigenvalue weighted by Gasteiger charge is -2.45. The van der Waals surface area contributed by atoms with Gasteiger partial charge < -0.3 is 86.2 Å². The van der Waals surface area contributed by atoms with Crippen molar-refractivity contribution >= 4 is 11.9 Å². The number of ether oxygens (including phenoxy) is 4. The first-order valence-corrected chi connectivity index (χ1v) is 22.6. The Bertz CT molecular complexity index is 1650. The first-order chi connectivity index (χ1) is 31.3. The molecule has 6 unspecified atom stereocenters. The summed E-state index contributed by atoms with van der Waals surface area (Å²) in [6.07, 6.45) is 5.32. The van der Waals surface area contributed by atoms with Gasteiger partial charge in [0.25, 0.3) is 0 Å². The Labute approximate surface area is 386 Å². The van der Waals surface area contributed by atoms with Crippen molar-refractivity contribution in [3.8, 4) is 0 Å². The fourth-order valence-electron chi connectivity index (χ4n) is 7.81. The molecule has 0 aromatic carbocycles. The van der Waals surface area contributed by atoms with E-state index >= 15 is 0 Å². The van der Waals surface area contributed by atoms with Crippen LogP contribution in [0.5, 0.6) is 0 Å². The van der Waals surface area contributed by atoms with E-state index in [-0.39, 0.29) is 51.2 Å². The second kappa shape index (κ2) is 29.4. The molecule has 0 aliphatic carbocycles. The van der Waals surface area contributed by atoms with Crippen LogP contribution >= 0.6 is 0 Å². The normalized spacial score (nSPS) is 42.7. The smallest absolute Gasteiger partial charge is 0.308 e. The van der Waals surface area contributed by atoms with E-state index in [1.807, 2.05) is 25.2 Å². The van der Waals surface area contributed by atoms with Crippen LogP contribution in [0.3, 0.4) is 0 Å². The molecule has 3 aliphatic rings. The number of rotatable bonds is 5. The van der Waals surface area contributed by atoms with Gasteiger partial charge in [0.05, 0.1) is 92.6 Å². The van der Waals surface area contributed by atoms with Crippen molar-refractivity contribution in [1.29, 1.82) is 0 Å². The Hall–Kier alpha value is -3.48. The summed E-state index contributed by atoms with van der Waals surface area (Å²) in [4.78, 5) is 25.9. The number of carbonyl (C=O) groups excluding carboxylic acids is 2. The summed E-state index contributed by atoms with van der Waals surface area (Å²) in [5.41, 5.74) is 5.97. The van der Waals surface area contributed by atoms with Gasteiger partial charge in [0.1, 0.15) is 12.2 Å². The van der Waals surface area contributed by atoms with Crippen molar-refractivity contribution in [2.24, 2.45) is 17.6 Å². The minimum Gasteiger partial charge on any atom is -0.462 e. The maximum atomic E-state index is 13.4. The molecule has 19 heteroatoms. The Kier molecular flexibility index (Phi) is 25.3. The van der Waals surface area contributed by atoms with Gasteiger partial charge in [0, 0.05) is 44.6 Å². The summed E-state index contributed by atoms with van der Waals surface area (Å²) in [6, 6.07) is -1.12. The molecule has 3 aliphatic heterocycles. The fourth-order valence-corrected chi connectivity index (χ4v) is 7.81. The van der Waals surface area contributed by atoms with Crippen molar-refractivity contribution in [3.05, 3.63) is 85.1 Å². The van der Waals surface area contributed by atoms with Gasteiger partial charge in [0.15, 0.2) is 12.1 Å². The molecule has 0 aromatic rings. The molecule has 2 bridgehead atoms. The molecule has 374 valence electrons. The summed E-state index contributed by atoms with van der Waals surface area (Å²) in [7, 11) is 0. The molecule has 0 saturated carbocycles. The number of fused-ring (bicyclic) bond motifs is 2. The number of hydrogen-bond acceptors (Lipinski definition) is 18. The van der Waals surface area contributed by atoms with Gasteiger partial charge in [-0.05, 0) is 26.2 Å². The summed E-state index contributed by atoms with van der Waals surface area (Å²) < 4.78 is 23.1. The topological polar surface area (TPSA) is 332 Å². The maximum Gasteiger partial charge on any atom is 0.308 e. The van der Waals surface area contributed by atoms with Crippen molar-refractivity contribution in [2.75, 3.05) is 19.8 Å². The van der Waals surface area contributed by atoms with E-state index in [9.17, 15) is 65.8 Å². The number of aliphatic hydroxyl groups is 11. The predicted octanol–water partition coefficient (Wildman–Crippen LogP) is -0.899. The van der Waals surface area contributed by atoms with Crippen LogP contribution in [0.1, 0.15) is 71.6 Å². The highest BCUT2D eigenvalue weighted by atomic mass is 16.7. The van der Waals surface area contributed by atoms with Gasteiger partial charge in [-0.1, -0.05) is 92.0 Å². The van der Waals surface area contributed by atoms with Gasteiger partial charge in [0.2, 0.25) is 5.91 Å². The molecule has 2 fully saturated rings. The third-order valence-electron chi connectivity index (χ3n) is 11.5. The average Bonchev–Trinajstić information content (AvgIpc) is 3.23. The maximum absolute atomic E-state index is 13.4. The first-order valence-electron chi connectivity index (χ1n) is 22.6. The lowest BCUT2D eigenvalue weighted by molar-refractivity contribution is -0.304. The van der Waals surface area contributed by atoms with E-state index in [0.29, 0.717) is 0 Å². The molecule has 19 nitrogen and oxygen atoms in total. The first kappa shape index (κ1) is 56.8. The molecule has 17 atom stereocenters. The lowest BCUT2D eigenvalue weighted by atomic mass is 9.82. The molecule has 3 heterocycles. The van der Waals surface area contributed by atoms with Crippen molar-refractivity contribution in [3.63, 3.8) is 0 Å². The molecular formula is C47H74N2O17. The van der Waals surface area contributed by atoms with Gasteiger partial charge in [-0.15, -0.1) is 0 Å². The van der Waals surface area contributed by atoms with Crippen molar-refractivity contribution in [1.82, 2.24) is 5.32 Å². The van der Waals surface area contributed by atoms with E-state index in [1.165, 1.54) is 0 Å². The number of nitrogens with two attached hydrogens (primary N) is 1. The monoisotopic (exact) mass is 938 g/mol. The average molecular weight is 939 g/mol. The summed E-state index contributed by atoms with van der Waals surface area (Å²) in [6.45, 7) is 2.62. The Balaban J connectivity index is 1.88.